The molecule has 2 aliphatic heterocycles. The second-order valence-electron chi connectivity index (χ2n) is 9.57. The maximum absolute atomic E-state index is 10.3. The van der Waals surface area contributed by atoms with Crippen LogP contribution in [0, 0.1) is 56.2 Å². The van der Waals surface area contributed by atoms with Gasteiger partial charge in [-0.2, -0.15) is 15.8 Å². The van der Waals surface area contributed by atoms with Crippen LogP contribution in [0.15, 0.2) is 0 Å². The maximum Gasteiger partial charge on any atom is 0.217 e. The zero-order valence-electron chi connectivity index (χ0n) is 18.9. The normalized spacial score (nSPS) is 33.3. The van der Waals surface area contributed by atoms with Crippen molar-refractivity contribution in [1.29, 1.82) is 21.2 Å². The van der Waals surface area contributed by atoms with E-state index in [2.05, 4.69) is 25.1 Å². The summed E-state index contributed by atoms with van der Waals surface area (Å²) < 4.78 is 12.4. The van der Waals surface area contributed by atoms with Crippen LogP contribution in [0.4, 0.5) is 0 Å². The molecule has 0 amide bonds. The average Bonchev–Trinajstić information content (AvgIpc) is 2.90. The Kier molecular flexibility index (Phi) is 7.61. The Hall–Kier alpha value is -2.10. The largest absolute Gasteiger partial charge is 0.447 e. The number of hydrogen-bond acceptors (Lipinski definition) is 6. The standard InChI is InChI=1S/C25H36N4O2/c1-2-3-4-5-6-7-8-9-12-15-21-23(17-26,18-27)24(19-28)20-14-11-10-13-16-25(20,30-21)31-22(24)29/h20-21,29H,2-16H2,1H3. The monoisotopic (exact) mass is 424 g/mol. The summed E-state index contributed by atoms with van der Waals surface area (Å²) in [6.45, 7) is 2.22. The van der Waals surface area contributed by atoms with Gasteiger partial charge in [-0.25, -0.2) is 0 Å². The molecule has 0 aromatic carbocycles. The zero-order chi connectivity index (χ0) is 22.4. The fourth-order valence-corrected chi connectivity index (χ4v) is 6.05. The molecule has 6 nitrogen and oxygen atoms in total. The van der Waals surface area contributed by atoms with E-state index in [1.807, 2.05) is 0 Å². The fraction of sp³-hybridized carbons (Fsp3) is 0.840. The molecule has 168 valence electrons. The highest BCUT2D eigenvalue weighted by Crippen LogP contribution is 2.66. The number of unbranched alkanes of at least 4 members (excludes halogenated alkanes) is 8. The van der Waals surface area contributed by atoms with Crippen molar-refractivity contribution in [3.63, 3.8) is 0 Å². The number of nitriles is 3. The van der Waals surface area contributed by atoms with E-state index in [1.165, 1.54) is 38.5 Å². The fourth-order valence-electron chi connectivity index (χ4n) is 6.05. The summed E-state index contributed by atoms with van der Waals surface area (Å²) in [4.78, 5) is 0. The summed E-state index contributed by atoms with van der Waals surface area (Å²) in [5.74, 6) is -1.69. The lowest BCUT2D eigenvalue weighted by molar-refractivity contribution is -0.283. The van der Waals surface area contributed by atoms with E-state index < -0.39 is 28.6 Å². The molecule has 4 unspecified atom stereocenters. The van der Waals surface area contributed by atoms with Gasteiger partial charge in [0.2, 0.25) is 11.7 Å². The lowest BCUT2D eigenvalue weighted by Crippen LogP contribution is -2.62. The molecule has 3 fully saturated rings. The number of ether oxygens (including phenoxy) is 2. The number of nitrogens with zero attached hydrogens (tertiary/aromatic N) is 3. The predicted octanol–water partition coefficient (Wildman–Crippen LogP) is 6.13. The Morgan fingerprint density at radius 3 is 2.16 bits per heavy atom. The molecule has 0 aromatic heterocycles. The molecule has 0 radical (unpaired) electrons. The lowest BCUT2D eigenvalue weighted by Gasteiger charge is -2.49. The molecule has 6 heteroatoms. The Morgan fingerprint density at radius 2 is 1.55 bits per heavy atom. The third kappa shape index (κ3) is 3.83. The smallest absolute Gasteiger partial charge is 0.217 e. The van der Waals surface area contributed by atoms with E-state index in [0.717, 1.165) is 38.5 Å². The minimum absolute atomic E-state index is 0.237. The van der Waals surface area contributed by atoms with E-state index in [0.29, 0.717) is 19.3 Å². The molecular formula is C25H36N4O2. The van der Waals surface area contributed by atoms with Crippen molar-refractivity contribution in [2.75, 3.05) is 0 Å². The van der Waals surface area contributed by atoms with Crippen LogP contribution in [0.2, 0.25) is 0 Å². The van der Waals surface area contributed by atoms with Gasteiger partial charge in [0.05, 0.1) is 30.2 Å². The Morgan fingerprint density at radius 1 is 0.903 bits per heavy atom. The predicted molar refractivity (Wildman–Crippen MR) is 117 cm³/mol. The molecule has 2 saturated heterocycles. The number of nitrogens with one attached hydrogen (secondary N) is 1. The number of hydrogen-bond donors (Lipinski definition) is 1. The van der Waals surface area contributed by atoms with Crippen molar-refractivity contribution in [1.82, 2.24) is 0 Å². The van der Waals surface area contributed by atoms with Gasteiger partial charge in [-0.3, -0.25) is 5.41 Å². The Balaban J connectivity index is 1.71. The molecule has 0 aromatic rings. The highest BCUT2D eigenvalue weighted by Gasteiger charge is 2.79. The highest BCUT2D eigenvalue weighted by molar-refractivity contribution is 5.89. The van der Waals surface area contributed by atoms with E-state index in [4.69, 9.17) is 14.9 Å². The van der Waals surface area contributed by atoms with Crippen LogP contribution in [0.3, 0.4) is 0 Å². The Labute approximate surface area is 187 Å². The van der Waals surface area contributed by atoms with Gasteiger partial charge >= 0.3 is 0 Å². The van der Waals surface area contributed by atoms with Crippen molar-refractivity contribution >= 4 is 5.90 Å². The van der Waals surface area contributed by atoms with Crippen LogP contribution in [-0.4, -0.2) is 17.8 Å². The molecule has 31 heavy (non-hydrogen) atoms. The summed E-state index contributed by atoms with van der Waals surface area (Å²) in [5, 5.41) is 39.2. The van der Waals surface area contributed by atoms with Crippen LogP contribution in [0.25, 0.3) is 0 Å². The summed E-state index contributed by atoms with van der Waals surface area (Å²) in [5.41, 5.74) is -3.24. The minimum atomic E-state index is -1.70. The first kappa shape index (κ1) is 23.6. The van der Waals surface area contributed by atoms with Crippen LogP contribution < -0.4 is 0 Å². The SMILES string of the molecule is CCCCCCCCCCCC1OC23CCCCCC2C(C#N)(C(=N)O3)C1(C#N)C#N. The first-order valence-electron chi connectivity index (χ1n) is 12.3. The Bertz CT molecular complexity index is 762. The molecule has 2 heterocycles. The average molecular weight is 425 g/mol. The van der Waals surface area contributed by atoms with E-state index >= 15 is 0 Å². The maximum atomic E-state index is 10.3. The summed E-state index contributed by atoms with van der Waals surface area (Å²) in [7, 11) is 0. The second kappa shape index (κ2) is 10.0. The number of rotatable bonds is 10. The van der Waals surface area contributed by atoms with Gasteiger partial charge < -0.3 is 9.47 Å². The lowest BCUT2D eigenvalue weighted by atomic mass is 9.53. The van der Waals surface area contributed by atoms with Gasteiger partial charge in [-0.1, -0.05) is 77.6 Å². The van der Waals surface area contributed by atoms with Crippen molar-refractivity contribution in [3.05, 3.63) is 0 Å². The van der Waals surface area contributed by atoms with Gasteiger partial charge in [-0.05, 0) is 19.3 Å². The topological polar surface area (TPSA) is 114 Å². The quantitative estimate of drug-likeness (QED) is 0.423. The summed E-state index contributed by atoms with van der Waals surface area (Å²) >= 11 is 0. The molecule has 3 aliphatic rings. The minimum Gasteiger partial charge on any atom is -0.447 e. The second-order valence-corrected chi connectivity index (χ2v) is 9.57. The molecule has 4 atom stereocenters. The van der Waals surface area contributed by atoms with Crippen molar-refractivity contribution in [2.45, 2.75) is 115 Å². The van der Waals surface area contributed by atoms with E-state index in [9.17, 15) is 15.8 Å². The van der Waals surface area contributed by atoms with Gasteiger partial charge in [0, 0.05) is 6.42 Å². The van der Waals surface area contributed by atoms with Gasteiger partial charge in [0.15, 0.2) is 10.8 Å². The molecule has 1 saturated carbocycles. The molecule has 3 rings (SSSR count). The van der Waals surface area contributed by atoms with Crippen molar-refractivity contribution in [3.8, 4) is 18.2 Å². The highest BCUT2D eigenvalue weighted by atomic mass is 16.7. The van der Waals surface area contributed by atoms with Crippen LogP contribution >= 0.6 is 0 Å². The van der Waals surface area contributed by atoms with Crippen molar-refractivity contribution < 1.29 is 9.47 Å². The van der Waals surface area contributed by atoms with Crippen LogP contribution in [-0.2, 0) is 9.47 Å². The van der Waals surface area contributed by atoms with E-state index in [1.54, 1.807) is 0 Å². The third-order valence-electron chi connectivity index (χ3n) is 7.75. The summed E-state index contributed by atoms with van der Waals surface area (Å²) in [6, 6.07) is 6.60. The van der Waals surface area contributed by atoms with Crippen molar-refractivity contribution in [2.24, 2.45) is 16.7 Å². The van der Waals surface area contributed by atoms with Gasteiger partial charge in [-0.15, -0.1) is 0 Å². The summed E-state index contributed by atoms with van der Waals surface area (Å²) in [6.07, 6.45) is 14.5. The van der Waals surface area contributed by atoms with Crippen LogP contribution in [0.5, 0.6) is 0 Å². The molecule has 2 bridgehead atoms. The van der Waals surface area contributed by atoms with Gasteiger partial charge in [0.1, 0.15) is 0 Å². The first-order chi connectivity index (χ1) is 15.1. The molecule has 0 spiro atoms. The zero-order valence-corrected chi connectivity index (χ0v) is 18.9. The van der Waals surface area contributed by atoms with Gasteiger partial charge in [0.25, 0.3) is 0 Å². The molecule has 1 aliphatic carbocycles. The first-order valence-corrected chi connectivity index (χ1v) is 12.3. The van der Waals surface area contributed by atoms with Crippen LogP contribution in [0.1, 0.15) is 103 Å². The van der Waals surface area contributed by atoms with E-state index in [-0.39, 0.29) is 5.90 Å². The molecule has 1 N–H and O–H groups in total. The molecular weight excluding hydrogens is 388 g/mol. The third-order valence-corrected chi connectivity index (χ3v) is 7.75.